The highest BCUT2D eigenvalue weighted by atomic mass is 127. The number of unbranched alkanes of at least 4 members (excludes halogenated alkanes) is 14. The lowest BCUT2D eigenvalue weighted by Gasteiger charge is -2.14. The summed E-state index contributed by atoms with van der Waals surface area (Å²) in [5, 5.41) is 0. The SMILES string of the molecule is CCCCC(C=CCCCCCCCCI)CCOCOCOCCC(C=CCCCCCCCCI)CCCC. The van der Waals surface area contributed by atoms with E-state index in [-0.39, 0.29) is 0 Å². The third kappa shape index (κ3) is 33.5. The smallest absolute Gasteiger partial charge is 0.149 e. The zero-order valence-corrected chi connectivity index (χ0v) is 31.6. The predicted octanol–water partition coefficient (Wildman–Crippen LogP) is 12.8. The molecule has 5 heteroatoms. The van der Waals surface area contributed by atoms with Crippen molar-refractivity contribution < 1.29 is 14.2 Å². The molecule has 41 heavy (non-hydrogen) atoms. The number of halogens is 2. The quantitative estimate of drug-likeness (QED) is 0.0213. The van der Waals surface area contributed by atoms with Gasteiger partial charge in [0.15, 0.2) is 0 Å². The van der Waals surface area contributed by atoms with Crippen molar-refractivity contribution in [3.63, 3.8) is 0 Å². The fourth-order valence-corrected chi connectivity index (χ4v) is 6.13. The van der Waals surface area contributed by atoms with Gasteiger partial charge in [0.2, 0.25) is 0 Å². The van der Waals surface area contributed by atoms with Crippen LogP contribution in [0.1, 0.15) is 155 Å². The second-order valence-electron chi connectivity index (χ2n) is 11.7. The summed E-state index contributed by atoms with van der Waals surface area (Å²) in [4.78, 5) is 0. The molecule has 0 N–H and O–H groups in total. The van der Waals surface area contributed by atoms with Crippen LogP contribution in [0.25, 0.3) is 0 Å². The Labute approximate surface area is 284 Å². The molecule has 0 fully saturated rings. The van der Waals surface area contributed by atoms with Crippen molar-refractivity contribution in [1.29, 1.82) is 0 Å². The minimum atomic E-state index is 0.332. The maximum absolute atomic E-state index is 5.78. The van der Waals surface area contributed by atoms with E-state index in [2.05, 4.69) is 83.3 Å². The van der Waals surface area contributed by atoms with E-state index < -0.39 is 0 Å². The molecule has 244 valence electrons. The molecule has 0 heterocycles. The van der Waals surface area contributed by atoms with Crippen LogP contribution in [0.4, 0.5) is 0 Å². The molecule has 2 unspecified atom stereocenters. The molecular formula is C36H68I2O3. The largest absolute Gasteiger partial charge is 0.355 e. The van der Waals surface area contributed by atoms with Crippen molar-refractivity contribution >= 4 is 45.2 Å². The Balaban J connectivity index is 3.90. The number of rotatable bonds is 34. The van der Waals surface area contributed by atoms with Crippen molar-refractivity contribution in [3.8, 4) is 0 Å². The summed E-state index contributed by atoms with van der Waals surface area (Å²) in [5.74, 6) is 1.27. The Kier molecular flexibility index (Phi) is 37.7. The molecule has 0 rings (SSSR count). The van der Waals surface area contributed by atoms with Gasteiger partial charge in [0.1, 0.15) is 13.6 Å². The standard InChI is InChI=1S/C36H68I2O3/c1-3-5-23-35(25-19-15-11-7-9-13-17-21-29-37)27-31-39-33-41-34-40-32-28-36(24-6-4-2)26-20-16-12-8-10-14-18-22-30-38/h19-20,25-26,35-36H,3-18,21-24,27-34H2,1-2H3. The third-order valence-electron chi connectivity index (χ3n) is 7.78. The van der Waals surface area contributed by atoms with Crippen molar-refractivity contribution in [1.82, 2.24) is 0 Å². The molecule has 0 radical (unpaired) electrons. The van der Waals surface area contributed by atoms with E-state index in [1.54, 1.807) is 0 Å². The minimum absolute atomic E-state index is 0.332. The van der Waals surface area contributed by atoms with Crippen molar-refractivity contribution in [2.75, 3.05) is 35.7 Å². The fourth-order valence-electron chi connectivity index (χ4n) is 5.05. The van der Waals surface area contributed by atoms with E-state index in [1.165, 1.54) is 137 Å². The highest BCUT2D eigenvalue weighted by molar-refractivity contribution is 14.1. The van der Waals surface area contributed by atoms with E-state index in [9.17, 15) is 0 Å². The maximum Gasteiger partial charge on any atom is 0.149 e. The minimum Gasteiger partial charge on any atom is -0.355 e. The Bertz CT molecular complexity index is 495. The summed E-state index contributed by atoms with van der Waals surface area (Å²) in [5.41, 5.74) is 0. The van der Waals surface area contributed by atoms with Crippen LogP contribution < -0.4 is 0 Å². The number of alkyl halides is 2. The predicted molar refractivity (Wildman–Crippen MR) is 199 cm³/mol. The van der Waals surface area contributed by atoms with Crippen LogP contribution in [-0.2, 0) is 14.2 Å². The van der Waals surface area contributed by atoms with E-state index in [0.717, 1.165) is 26.1 Å². The first-order chi connectivity index (χ1) is 20.3. The summed E-state index contributed by atoms with van der Waals surface area (Å²) in [6.07, 6.45) is 38.7. The number of hydrogen-bond acceptors (Lipinski definition) is 3. The normalized spacial score (nSPS) is 13.6. The van der Waals surface area contributed by atoms with Crippen molar-refractivity contribution in [2.24, 2.45) is 11.8 Å². The molecule has 0 saturated carbocycles. The first kappa shape index (κ1) is 41.8. The van der Waals surface area contributed by atoms with Crippen LogP contribution in [0.15, 0.2) is 24.3 Å². The molecule has 0 aliphatic rings. The van der Waals surface area contributed by atoms with Crippen LogP contribution >= 0.6 is 45.2 Å². The van der Waals surface area contributed by atoms with Gasteiger partial charge in [-0.2, -0.15) is 0 Å². The lowest BCUT2D eigenvalue weighted by molar-refractivity contribution is -0.133. The van der Waals surface area contributed by atoms with Gasteiger partial charge in [0.05, 0.1) is 0 Å². The van der Waals surface area contributed by atoms with Gasteiger partial charge >= 0.3 is 0 Å². The number of hydrogen-bond donors (Lipinski definition) is 0. The lowest BCUT2D eigenvalue weighted by Crippen LogP contribution is -2.10. The van der Waals surface area contributed by atoms with E-state index in [0.29, 0.717) is 25.4 Å². The number of allylic oxidation sites excluding steroid dienone is 4. The molecule has 0 aromatic carbocycles. The molecule has 3 nitrogen and oxygen atoms in total. The summed E-state index contributed by atoms with van der Waals surface area (Å²) >= 11 is 4.97. The average molecular weight is 803 g/mol. The Morgan fingerprint density at radius 2 is 0.854 bits per heavy atom. The van der Waals surface area contributed by atoms with E-state index in [1.807, 2.05) is 0 Å². The van der Waals surface area contributed by atoms with Crippen LogP contribution in [0, 0.1) is 11.8 Å². The zero-order valence-electron chi connectivity index (χ0n) is 27.2. The summed E-state index contributed by atoms with van der Waals surface area (Å²) in [7, 11) is 0. The second kappa shape index (κ2) is 37.0. The van der Waals surface area contributed by atoms with Gasteiger partial charge in [0, 0.05) is 13.2 Å². The van der Waals surface area contributed by atoms with Crippen LogP contribution in [-0.4, -0.2) is 35.7 Å². The lowest BCUT2D eigenvalue weighted by atomic mass is 9.97. The highest BCUT2D eigenvalue weighted by Crippen LogP contribution is 2.18. The first-order valence-corrected chi connectivity index (χ1v) is 20.5. The first-order valence-electron chi connectivity index (χ1n) is 17.5. The van der Waals surface area contributed by atoms with E-state index in [4.69, 9.17) is 14.2 Å². The summed E-state index contributed by atoms with van der Waals surface area (Å²) in [6, 6.07) is 0. The second-order valence-corrected chi connectivity index (χ2v) is 13.9. The Morgan fingerprint density at radius 1 is 0.463 bits per heavy atom. The van der Waals surface area contributed by atoms with Crippen LogP contribution in [0.2, 0.25) is 0 Å². The average Bonchev–Trinajstić information content (AvgIpc) is 2.98. The molecule has 0 saturated heterocycles. The molecule has 0 aliphatic heterocycles. The molecule has 0 amide bonds. The summed E-state index contributed by atoms with van der Waals surface area (Å²) in [6.45, 7) is 6.75. The Morgan fingerprint density at radius 3 is 1.24 bits per heavy atom. The Hall–Kier alpha value is 0.820. The fraction of sp³-hybridized carbons (Fsp3) is 0.889. The van der Waals surface area contributed by atoms with Crippen LogP contribution in [0.5, 0.6) is 0 Å². The van der Waals surface area contributed by atoms with Crippen molar-refractivity contribution in [2.45, 2.75) is 155 Å². The third-order valence-corrected chi connectivity index (χ3v) is 9.31. The molecular weight excluding hydrogens is 734 g/mol. The maximum atomic E-state index is 5.78. The van der Waals surface area contributed by atoms with Crippen molar-refractivity contribution in [3.05, 3.63) is 24.3 Å². The van der Waals surface area contributed by atoms with Gasteiger partial charge < -0.3 is 14.2 Å². The van der Waals surface area contributed by atoms with Gasteiger partial charge in [-0.05, 0) is 84.9 Å². The monoisotopic (exact) mass is 802 g/mol. The van der Waals surface area contributed by atoms with E-state index >= 15 is 0 Å². The highest BCUT2D eigenvalue weighted by Gasteiger charge is 2.06. The van der Waals surface area contributed by atoms with Gasteiger partial charge in [0.25, 0.3) is 0 Å². The van der Waals surface area contributed by atoms with Gasteiger partial charge in [-0.1, -0.05) is 160 Å². The molecule has 0 aromatic heterocycles. The molecule has 0 aromatic rings. The topological polar surface area (TPSA) is 27.7 Å². The van der Waals surface area contributed by atoms with Gasteiger partial charge in [-0.15, -0.1) is 0 Å². The molecule has 0 bridgehead atoms. The molecule has 0 aliphatic carbocycles. The number of ether oxygens (including phenoxy) is 3. The van der Waals surface area contributed by atoms with Gasteiger partial charge in [-0.3, -0.25) is 0 Å². The van der Waals surface area contributed by atoms with Crippen LogP contribution in [0.3, 0.4) is 0 Å². The molecule has 2 atom stereocenters. The van der Waals surface area contributed by atoms with Gasteiger partial charge in [-0.25, -0.2) is 0 Å². The zero-order chi connectivity index (χ0) is 29.9. The molecule has 0 spiro atoms. The summed E-state index contributed by atoms with van der Waals surface area (Å²) < 4.78 is 19.8.